The van der Waals surface area contributed by atoms with Gasteiger partial charge >= 0.3 is 0 Å². The number of anilines is 1. The van der Waals surface area contributed by atoms with Crippen LogP contribution in [0.5, 0.6) is 5.75 Å². The van der Waals surface area contributed by atoms with E-state index in [4.69, 9.17) is 17.0 Å². The monoisotopic (exact) mass is 392 g/mol. The van der Waals surface area contributed by atoms with Crippen molar-refractivity contribution >= 4 is 39.7 Å². The van der Waals surface area contributed by atoms with Crippen molar-refractivity contribution in [1.29, 1.82) is 0 Å². The highest BCUT2D eigenvalue weighted by molar-refractivity contribution is 7.80. The van der Waals surface area contributed by atoms with Crippen molar-refractivity contribution < 1.29 is 9.53 Å². The van der Waals surface area contributed by atoms with E-state index in [1.54, 1.807) is 0 Å². The minimum atomic E-state index is -0.152. The number of fused-ring (bicyclic) bond motifs is 1. The zero-order chi connectivity index (χ0) is 19.9. The lowest BCUT2D eigenvalue weighted by atomic mass is 10.0. The molecule has 144 valence electrons. The van der Waals surface area contributed by atoms with Crippen LogP contribution in [-0.2, 0) is 11.2 Å². The van der Waals surface area contributed by atoms with Crippen molar-refractivity contribution in [3.05, 3.63) is 72.3 Å². The number of thiocarbonyl (C=S) groups is 1. The average molecular weight is 393 g/mol. The number of ether oxygens (including phenoxy) is 1. The summed E-state index contributed by atoms with van der Waals surface area (Å²) < 4.78 is 5.82. The summed E-state index contributed by atoms with van der Waals surface area (Å²) in [5.41, 5.74) is 1.75. The Hall–Kier alpha value is -2.92. The Kier molecular flexibility index (Phi) is 6.61. The van der Waals surface area contributed by atoms with Gasteiger partial charge in [-0.1, -0.05) is 55.5 Å². The van der Waals surface area contributed by atoms with Crippen LogP contribution in [0.4, 0.5) is 5.69 Å². The van der Waals surface area contributed by atoms with Crippen LogP contribution in [0.25, 0.3) is 10.8 Å². The van der Waals surface area contributed by atoms with Gasteiger partial charge in [-0.05, 0) is 54.0 Å². The van der Waals surface area contributed by atoms with Crippen LogP contribution in [0.3, 0.4) is 0 Å². The summed E-state index contributed by atoms with van der Waals surface area (Å²) in [5, 5.41) is 8.26. The zero-order valence-corrected chi connectivity index (χ0v) is 16.9. The molecular weight excluding hydrogens is 368 g/mol. The van der Waals surface area contributed by atoms with Gasteiger partial charge in [0.05, 0.1) is 12.5 Å². The summed E-state index contributed by atoms with van der Waals surface area (Å²) in [7, 11) is 0. The molecule has 2 N–H and O–H groups in total. The lowest BCUT2D eigenvalue weighted by molar-refractivity contribution is -0.119. The molecule has 0 radical (unpaired) electrons. The molecule has 1 amide bonds. The maximum absolute atomic E-state index is 12.4. The van der Waals surface area contributed by atoms with Crippen molar-refractivity contribution in [2.45, 2.75) is 32.8 Å². The summed E-state index contributed by atoms with van der Waals surface area (Å²) in [4.78, 5) is 12.4. The van der Waals surface area contributed by atoms with Crippen LogP contribution >= 0.6 is 12.2 Å². The molecule has 0 saturated heterocycles. The molecule has 5 heteroatoms. The van der Waals surface area contributed by atoms with Gasteiger partial charge in [0, 0.05) is 11.8 Å². The summed E-state index contributed by atoms with van der Waals surface area (Å²) in [6.07, 6.45) is 1.34. The maximum Gasteiger partial charge on any atom is 0.230 e. The maximum atomic E-state index is 12.4. The highest BCUT2D eigenvalue weighted by atomic mass is 32.1. The van der Waals surface area contributed by atoms with Crippen LogP contribution in [0, 0.1) is 0 Å². The molecule has 0 heterocycles. The van der Waals surface area contributed by atoms with Gasteiger partial charge in [-0.25, -0.2) is 0 Å². The van der Waals surface area contributed by atoms with E-state index >= 15 is 0 Å². The third kappa shape index (κ3) is 5.30. The first-order valence-electron chi connectivity index (χ1n) is 9.39. The van der Waals surface area contributed by atoms with Crippen molar-refractivity contribution in [3.63, 3.8) is 0 Å². The number of rotatable bonds is 6. The fourth-order valence-corrected chi connectivity index (χ4v) is 3.15. The third-order valence-electron chi connectivity index (χ3n) is 4.49. The van der Waals surface area contributed by atoms with Crippen LogP contribution in [0.15, 0.2) is 66.7 Å². The Balaban J connectivity index is 1.60. The lowest BCUT2D eigenvalue weighted by Gasteiger charge is -2.14. The van der Waals surface area contributed by atoms with Gasteiger partial charge in [0.25, 0.3) is 0 Å². The second kappa shape index (κ2) is 9.33. The topological polar surface area (TPSA) is 50.4 Å². The standard InChI is InChI=1S/C23H24N2O2S/c1-3-16(2)27-20-12-7-11-19(15-20)24-23(28)25-22(26)14-18-10-6-9-17-8-4-5-13-21(17)18/h4-13,15-16H,3,14H2,1-2H3,(H2,24,25,26,28). The molecule has 0 aliphatic carbocycles. The molecule has 3 rings (SSSR count). The second-order valence-corrected chi connectivity index (χ2v) is 7.09. The van der Waals surface area contributed by atoms with Gasteiger partial charge in [-0.15, -0.1) is 0 Å². The van der Waals surface area contributed by atoms with Crippen molar-refractivity contribution in [2.24, 2.45) is 0 Å². The predicted molar refractivity (Wildman–Crippen MR) is 119 cm³/mol. The van der Waals surface area contributed by atoms with E-state index in [9.17, 15) is 4.79 Å². The molecule has 0 aromatic heterocycles. The number of nitrogens with one attached hydrogen (secondary N) is 2. The molecule has 0 fully saturated rings. The molecule has 1 unspecified atom stereocenters. The molecule has 0 spiro atoms. The zero-order valence-electron chi connectivity index (χ0n) is 16.1. The summed E-state index contributed by atoms with van der Waals surface area (Å²) in [5.74, 6) is 0.616. The highest BCUT2D eigenvalue weighted by Crippen LogP contribution is 2.20. The Labute approximate surface area is 170 Å². The number of benzene rings is 3. The number of carbonyl (C=O) groups is 1. The van der Waals surface area contributed by atoms with Crippen LogP contribution in [0.1, 0.15) is 25.8 Å². The van der Waals surface area contributed by atoms with Crippen LogP contribution in [-0.4, -0.2) is 17.1 Å². The van der Waals surface area contributed by atoms with Crippen molar-refractivity contribution in [1.82, 2.24) is 5.32 Å². The molecule has 1 atom stereocenters. The van der Waals surface area contributed by atoms with E-state index < -0.39 is 0 Å². The largest absolute Gasteiger partial charge is 0.491 e. The molecule has 3 aromatic rings. The predicted octanol–water partition coefficient (Wildman–Crippen LogP) is 5.07. The van der Waals surface area contributed by atoms with Crippen LogP contribution < -0.4 is 15.4 Å². The van der Waals surface area contributed by atoms with Crippen molar-refractivity contribution in [2.75, 3.05) is 5.32 Å². The Bertz CT molecular complexity index is 982. The molecule has 4 nitrogen and oxygen atoms in total. The Morgan fingerprint density at radius 1 is 1.07 bits per heavy atom. The SMILES string of the molecule is CCC(C)Oc1cccc(NC(=S)NC(=O)Cc2cccc3ccccc23)c1. The van der Waals surface area contributed by atoms with E-state index in [1.807, 2.05) is 73.7 Å². The number of amides is 1. The highest BCUT2D eigenvalue weighted by Gasteiger charge is 2.09. The summed E-state index contributed by atoms with van der Waals surface area (Å²) in [6.45, 7) is 4.10. The van der Waals surface area contributed by atoms with Gasteiger partial charge in [-0.2, -0.15) is 0 Å². The van der Waals surface area contributed by atoms with Gasteiger partial charge in [-0.3, -0.25) is 4.79 Å². The van der Waals surface area contributed by atoms with E-state index in [2.05, 4.69) is 17.6 Å². The number of hydrogen-bond acceptors (Lipinski definition) is 3. The van der Waals surface area contributed by atoms with Gasteiger partial charge in [0.1, 0.15) is 5.75 Å². The smallest absolute Gasteiger partial charge is 0.230 e. The van der Waals surface area contributed by atoms with Crippen molar-refractivity contribution in [3.8, 4) is 5.75 Å². The van der Waals surface area contributed by atoms with Crippen LogP contribution in [0.2, 0.25) is 0 Å². The van der Waals surface area contributed by atoms with E-state index in [-0.39, 0.29) is 23.5 Å². The second-order valence-electron chi connectivity index (χ2n) is 6.68. The Morgan fingerprint density at radius 3 is 2.64 bits per heavy atom. The summed E-state index contributed by atoms with van der Waals surface area (Å²) in [6, 6.07) is 21.5. The van der Waals surface area contributed by atoms with Gasteiger partial charge < -0.3 is 15.4 Å². The first-order chi connectivity index (χ1) is 13.5. The minimum absolute atomic E-state index is 0.141. The molecule has 0 saturated carbocycles. The molecule has 0 bridgehead atoms. The molecule has 3 aromatic carbocycles. The first-order valence-corrected chi connectivity index (χ1v) is 9.80. The minimum Gasteiger partial charge on any atom is -0.491 e. The van der Waals surface area contributed by atoms with Gasteiger partial charge in [0.2, 0.25) is 5.91 Å². The molecule has 0 aliphatic rings. The molecule has 0 aliphatic heterocycles. The average Bonchev–Trinajstić information content (AvgIpc) is 2.68. The van der Waals surface area contributed by atoms with E-state index in [0.29, 0.717) is 0 Å². The van der Waals surface area contributed by atoms with E-state index in [0.717, 1.165) is 34.2 Å². The van der Waals surface area contributed by atoms with Gasteiger partial charge in [0.15, 0.2) is 5.11 Å². The lowest BCUT2D eigenvalue weighted by Crippen LogP contribution is -2.35. The Morgan fingerprint density at radius 2 is 1.82 bits per heavy atom. The fourth-order valence-electron chi connectivity index (χ4n) is 2.92. The number of carbonyl (C=O) groups excluding carboxylic acids is 1. The quantitative estimate of drug-likeness (QED) is 0.575. The normalized spacial score (nSPS) is 11.6. The molecular formula is C23H24N2O2S. The number of hydrogen-bond donors (Lipinski definition) is 2. The fraction of sp³-hybridized carbons (Fsp3) is 0.217. The first kappa shape index (κ1) is 19.8. The van der Waals surface area contributed by atoms with E-state index in [1.165, 1.54) is 0 Å². The summed E-state index contributed by atoms with van der Waals surface area (Å²) >= 11 is 5.29. The third-order valence-corrected chi connectivity index (χ3v) is 4.69. The molecule has 28 heavy (non-hydrogen) atoms.